The molecule has 1 aliphatic carbocycles. The number of imidazole rings is 1. The molecule has 1 heterocycles. The summed E-state index contributed by atoms with van der Waals surface area (Å²) in [5, 5.41) is 0. The van der Waals surface area contributed by atoms with Gasteiger partial charge in [-0.25, -0.2) is 4.57 Å². The van der Waals surface area contributed by atoms with Gasteiger partial charge < -0.3 is 4.74 Å². The Morgan fingerprint density at radius 2 is 1.59 bits per heavy atom. The first-order valence-electron chi connectivity index (χ1n) is 10.6. The third kappa shape index (κ3) is 2.74. The van der Waals surface area contributed by atoms with Crippen molar-refractivity contribution in [1.29, 1.82) is 0 Å². The van der Waals surface area contributed by atoms with Crippen molar-refractivity contribution in [2.75, 3.05) is 0 Å². The highest BCUT2D eigenvalue weighted by atomic mass is 16.5. The molecule has 0 saturated heterocycles. The molecule has 152 valence electrons. The van der Waals surface area contributed by atoms with Gasteiger partial charge in [0.1, 0.15) is 11.4 Å². The van der Waals surface area contributed by atoms with Crippen LogP contribution in [0.5, 0.6) is 5.75 Å². The van der Waals surface area contributed by atoms with Gasteiger partial charge in [0.25, 0.3) is 0 Å². The molecule has 0 amide bonds. The zero-order chi connectivity index (χ0) is 21.1. The molecule has 0 spiro atoms. The van der Waals surface area contributed by atoms with E-state index >= 15 is 0 Å². The van der Waals surface area contributed by atoms with Crippen LogP contribution in [0.4, 0.5) is 0 Å². The summed E-state index contributed by atoms with van der Waals surface area (Å²) in [7, 11) is 2.16. The molecule has 0 saturated carbocycles. The van der Waals surface area contributed by atoms with Crippen LogP contribution >= 0.6 is 0 Å². The van der Waals surface area contributed by atoms with Crippen molar-refractivity contribution >= 4 is 0 Å². The molecule has 0 N–H and O–H groups in total. The molecule has 4 rings (SSSR count). The molecular formula is C26H33N2O+. The fraction of sp³-hybridized carbons (Fsp3) is 0.423. The van der Waals surface area contributed by atoms with Crippen LogP contribution in [-0.4, -0.2) is 10.7 Å². The molecule has 1 aromatic heterocycles. The first kappa shape index (κ1) is 19.8. The molecular weight excluding hydrogens is 356 g/mol. The van der Waals surface area contributed by atoms with Crippen LogP contribution in [0.15, 0.2) is 48.8 Å². The zero-order valence-electron chi connectivity index (χ0n) is 19.0. The second-order valence-electron chi connectivity index (χ2n) is 9.66. The Labute approximate surface area is 175 Å². The summed E-state index contributed by atoms with van der Waals surface area (Å²) >= 11 is 0. The van der Waals surface area contributed by atoms with Gasteiger partial charge in [0.05, 0.1) is 13.2 Å². The summed E-state index contributed by atoms with van der Waals surface area (Å²) < 4.78 is 10.8. The number of benzene rings is 2. The lowest BCUT2D eigenvalue weighted by Crippen LogP contribution is -2.46. The molecule has 0 unspecified atom stereocenters. The van der Waals surface area contributed by atoms with Crippen LogP contribution in [-0.2, 0) is 17.9 Å². The molecule has 3 heteroatoms. The number of fused-ring (bicyclic) bond motifs is 3. The first-order chi connectivity index (χ1) is 13.6. The lowest BCUT2D eigenvalue weighted by atomic mass is 9.57. The van der Waals surface area contributed by atoms with Gasteiger partial charge in [0, 0.05) is 22.0 Å². The van der Waals surface area contributed by atoms with Gasteiger partial charge in [0.2, 0.25) is 6.33 Å². The number of aryl methyl sites for hydroxylation is 1. The van der Waals surface area contributed by atoms with E-state index < -0.39 is 0 Å². The third-order valence-electron chi connectivity index (χ3n) is 6.98. The Balaban J connectivity index is 2.09. The van der Waals surface area contributed by atoms with Crippen molar-refractivity contribution in [3.8, 4) is 22.7 Å². The number of rotatable bonds is 3. The molecule has 0 radical (unpaired) electrons. The molecule has 0 bridgehead atoms. The number of hydrogen-bond donors (Lipinski definition) is 0. The topological polar surface area (TPSA) is 18.0 Å². The summed E-state index contributed by atoms with van der Waals surface area (Å²) in [6.07, 6.45) is 2.38. The van der Waals surface area contributed by atoms with E-state index in [4.69, 9.17) is 4.74 Å². The Morgan fingerprint density at radius 1 is 0.931 bits per heavy atom. The smallest absolute Gasteiger partial charge is 0.249 e. The lowest BCUT2D eigenvalue weighted by Gasteiger charge is -2.45. The van der Waals surface area contributed by atoms with Crippen molar-refractivity contribution in [3.63, 3.8) is 0 Å². The highest BCUT2D eigenvalue weighted by Gasteiger charge is 2.53. The quantitative estimate of drug-likeness (QED) is 0.531. The van der Waals surface area contributed by atoms with Crippen LogP contribution in [0.3, 0.4) is 0 Å². The van der Waals surface area contributed by atoms with Gasteiger partial charge in [-0.15, -0.1) is 0 Å². The summed E-state index contributed by atoms with van der Waals surface area (Å²) in [6.45, 7) is 15.9. The number of aromatic nitrogens is 2. The van der Waals surface area contributed by atoms with Crippen molar-refractivity contribution in [2.45, 2.75) is 65.4 Å². The number of nitrogens with zero attached hydrogens (tertiary/aromatic N) is 2. The Kier molecular flexibility index (Phi) is 4.41. The van der Waals surface area contributed by atoms with E-state index in [1.807, 2.05) is 0 Å². The second-order valence-corrected chi connectivity index (χ2v) is 9.66. The minimum absolute atomic E-state index is 0.0334. The maximum Gasteiger partial charge on any atom is 0.249 e. The average Bonchev–Trinajstić information content (AvgIpc) is 3.00. The van der Waals surface area contributed by atoms with Gasteiger partial charge in [0.15, 0.2) is 11.4 Å². The Morgan fingerprint density at radius 3 is 2.21 bits per heavy atom. The average molecular weight is 390 g/mol. The summed E-state index contributed by atoms with van der Waals surface area (Å²) in [4.78, 5) is 0. The Hall–Kier alpha value is -2.55. The summed E-state index contributed by atoms with van der Waals surface area (Å²) in [5.74, 6) is 0.979. The monoisotopic (exact) mass is 389 g/mol. The molecule has 0 atom stereocenters. The summed E-state index contributed by atoms with van der Waals surface area (Å²) in [6, 6.07) is 15.1. The van der Waals surface area contributed by atoms with Crippen molar-refractivity contribution in [2.24, 2.45) is 7.05 Å². The second kappa shape index (κ2) is 6.48. The normalized spacial score (nSPS) is 16.4. The molecule has 0 fully saturated rings. The first-order valence-corrected chi connectivity index (χ1v) is 10.6. The van der Waals surface area contributed by atoms with Gasteiger partial charge in [-0.1, -0.05) is 52.0 Å². The minimum atomic E-state index is -0.0563. The van der Waals surface area contributed by atoms with E-state index in [9.17, 15) is 0 Å². The van der Waals surface area contributed by atoms with E-state index in [1.165, 1.54) is 33.8 Å². The number of hydrogen-bond acceptors (Lipinski definition) is 1. The molecule has 1 aliphatic rings. The predicted octanol–water partition coefficient (Wildman–Crippen LogP) is 5.63. The standard InChI is InChI=1S/C26H33N2O/c1-17(2)29-21-15-14-20-22(18(21)3)23-24(26(6,7)25(20,4)5)28(16-27(23)8)19-12-10-9-11-13-19/h9-17H,1-8H3/q+1. The van der Waals surface area contributed by atoms with Gasteiger partial charge in [-0.2, -0.15) is 4.57 Å². The van der Waals surface area contributed by atoms with E-state index in [0.29, 0.717) is 0 Å². The maximum absolute atomic E-state index is 6.16. The van der Waals surface area contributed by atoms with Crippen LogP contribution in [0.1, 0.15) is 58.4 Å². The molecule has 0 aliphatic heterocycles. The highest BCUT2D eigenvalue weighted by Crippen LogP contribution is 2.55. The van der Waals surface area contributed by atoms with Gasteiger partial charge >= 0.3 is 0 Å². The van der Waals surface area contributed by atoms with Crippen molar-refractivity contribution in [1.82, 2.24) is 4.57 Å². The highest BCUT2D eigenvalue weighted by molar-refractivity contribution is 5.77. The van der Waals surface area contributed by atoms with Crippen LogP contribution in [0, 0.1) is 6.92 Å². The van der Waals surface area contributed by atoms with E-state index in [-0.39, 0.29) is 16.9 Å². The van der Waals surface area contributed by atoms with E-state index in [1.54, 1.807) is 0 Å². The predicted molar refractivity (Wildman–Crippen MR) is 119 cm³/mol. The van der Waals surface area contributed by atoms with E-state index in [2.05, 4.69) is 113 Å². The van der Waals surface area contributed by atoms with Crippen LogP contribution in [0.25, 0.3) is 16.9 Å². The summed E-state index contributed by atoms with van der Waals surface area (Å²) in [5.41, 5.74) is 7.69. The minimum Gasteiger partial charge on any atom is -0.491 e. The maximum atomic E-state index is 6.16. The van der Waals surface area contributed by atoms with Gasteiger partial charge in [-0.3, -0.25) is 0 Å². The van der Waals surface area contributed by atoms with E-state index in [0.717, 1.165) is 5.75 Å². The fourth-order valence-electron chi connectivity index (χ4n) is 4.78. The number of para-hydroxylation sites is 1. The molecule has 2 aromatic carbocycles. The zero-order valence-corrected chi connectivity index (χ0v) is 19.0. The largest absolute Gasteiger partial charge is 0.491 e. The van der Waals surface area contributed by atoms with Crippen LogP contribution < -0.4 is 9.30 Å². The molecule has 3 nitrogen and oxygen atoms in total. The fourth-order valence-corrected chi connectivity index (χ4v) is 4.78. The lowest BCUT2D eigenvalue weighted by molar-refractivity contribution is -0.660. The third-order valence-corrected chi connectivity index (χ3v) is 6.98. The Bertz CT molecular complexity index is 1070. The van der Waals surface area contributed by atoms with Crippen molar-refractivity contribution < 1.29 is 9.30 Å². The SMILES string of the molecule is Cc1c(OC(C)C)ccc2c1-c1c(n(-c3ccccc3)c[n+]1C)C(C)(C)C2(C)C. The van der Waals surface area contributed by atoms with Gasteiger partial charge in [-0.05, 0) is 44.5 Å². The van der Waals surface area contributed by atoms with Crippen molar-refractivity contribution in [3.05, 3.63) is 65.6 Å². The number of ether oxygens (including phenoxy) is 1. The molecule has 3 aromatic rings. The van der Waals surface area contributed by atoms with Crippen LogP contribution in [0.2, 0.25) is 0 Å². The molecule has 29 heavy (non-hydrogen) atoms.